The number of likely N-dealkylation sites (tertiary alicyclic amines) is 1. The number of hydrogen-bond donors (Lipinski definition) is 2. The van der Waals surface area contributed by atoms with Gasteiger partial charge in [-0.1, -0.05) is 12.1 Å². The molecule has 1 aromatic rings. The molecule has 2 atom stereocenters. The third-order valence-electron chi connectivity index (χ3n) is 5.78. The molecule has 3 aliphatic heterocycles. The zero-order chi connectivity index (χ0) is 18.1. The summed E-state index contributed by atoms with van der Waals surface area (Å²) in [5, 5.41) is 6.57. The largest absolute Gasteiger partial charge is 0.326 e. The number of carbonyl (C=O) groups excluding carboxylic acids is 3. The fourth-order valence-corrected chi connectivity index (χ4v) is 4.49. The van der Waals surface area contributed by atoms with Gasteiger partial charge in [-0.3, -0.25) is 19.3 Å². The van der Waals surface area contributed by atoms with Crippen molar-refractivity contribution in [2.45, 2.75) is 63.6 Å². The number of nitrogens with zero attached hydrogens (tertiary/aromatic N) is 1. The van der Waals surface area contributed by atoms with Crippen LogP contribution in [0.3, 0.4) is 0 Å². The summed E-state index contributed by atoms with van der Waals surface area (Å²) in [5.74, 6) is 0.320. The smallest absolute Gasteiger partial charge is 0.229 e. The number of anilines is 1. The summed E-state index contributed by atoms with van der Waals surface area (Å²) in [5.41, 5.74) is 1.65. The summed E-state index contributed by atoms with van der Waals surface area (Å²) in [7, 11) is 0. The molecule has 2 bridgehead atoms. The summed E-state index contributed by atoms with van der Waals surface area (Å²) in [6.07, 6.45) is 5.88. The van der Waals surface area contributed by atoms with Crippen LogP contribution in [0.4, 0.5) is 5.69 Å². The molecular weight excluding hydrogens is 366 g/mol. The van der Waals surface area contributed by atoms with E-state index in [1.807, 2.05) is 24.3 Å². The molecule has 2 N–H and O–H groups in total. The van der Waals surface area contributed by atoms with Crippen molar-refractivity contribution >= 4 is 35.8 Å². The van der Waals surface area contributed by atoms with Gasteiger partial charge >= 0.3 is 0 Å². The summed E-state index contributed by atoms with van der Waals surface area (Å²) in [4.78, 5) is 37.0. The van der Waals surface area contributed by atoms with Crippen molar-refractivity contribution in [2.75, 3.05) is 5.32 Å². The fraction of sp³-hybridized carbons (Fsp3) is 0.550. The molecular formula is C20H26ClN3O3. The highest BCUT2D eigenvalue weighted by molar-refractivity contribution is 6.01. The van der Waals surface area contributed by atoms with Crippen molar-refractivity contribution in [3.63, 3.8) is 0 Å². The molecule has 3 heterocycles. The zero-order valence-corrected chi connectivity index (χ0v) is 16.1. The van der Waals surface area contributed by atoms with Crippen LogP contribution in [0.1, 0.15) is 50.5 Å². The van der Waals surface area contributed by atoms with E-state index in [4.69, 9.17) is 0 Å². The Morgan fingerprint density at radius 2 is 1.63 bits per heavy atom. The summed E-state index contributed by atoms with van der Waals surface area (Å²) in [6.45, 7) is 0.309. The van der Waals surface area contributed by atoms with Crippen LogP contribution >= 0.6 is 12.4 Å². The van der Waals surface area contributed by atoms with Crippen LogP contribution in [0.5, 0.6) is 0 Å². The van der Waals surface area contributed by atoms with E-state index in [2.05, 4.69) is 10.6 Å². The van der Waals surface area contributed by atoms with Crippen LogP contribution in [0, 0.1) is 5.92 Å². The van der Waals surface area contributed by atoms with Crippen LogP contribution in [0.25, 0.3) is 0 Å². The first-order valence-electron chi connectivity index (χ1n) is 9.55. The molecule has 0 spiro atoms. The van der Waals surface area contributed by atoms with E-state index in [1.54, 1.807) is 0 Å². The number of hydrogen-bond acceptors (Lipinski definition) is 4. The van der Waals surface area contributed by atoms with Crippen molar-refractivity contribution < 1.29 is 14.4 Å². The van der Waals surface area contributed by atoms with Crippen molar-refractivity contribution in [2.24, 2.45) is 5.92 Å². The Morgan fingerprint density at radius 3 is 2.22 bits per heavy atom. The average Bonchev–Trinajstić information content (AvgIpc) is 3.12. The first-order valence-corrected chi connectivity index (χ1v) is 9.55. The van der Waals surface area contributed by atoms with E-state index in [-0.39, 0.29) is 30.1 Å². The van der Waals surface area contributed by atoms with Gasteiger partial charge in [0.05, 0.1) is 6.54 Å². The van der Waals surface area contributed by atoms with Gasteiger partial charge in [0.25, 0.3) is 0 Å². The SMILES string of the molecule is Cl.O=C(CC1CC2CCC(C1)N2)Nc1ccc(CN2C(=O)CCC2=O)cc1. The molecule has 6 nitrogen and oxygen atoms in total. The Labute approximate surface area is 165 Å². The maximum Gasteiger partial charge on any atom is 0.229 e. The van der Waals surface area contributed by atoms with E-state index in [0.717, 1.165) is 24.1 Å². The lowest BCUT2D eigenvalue weighted by molar-refractivity contribution is -0.139. The third kappa shape index (κ3) is 4.68. The predicted octanol–water partition coefficient (Wildman–Crippen LogP) is 2.62. The minimum Gasteiger partial charge on any atom is -0.326 e. The second kappa shape index (κ2) is 8.40. The molecule has 3 saturated heterocycles. The van der Waals surface area contributed by atoms with Gasteiger partial charge in [0.2, 0.25) is 17.7 Å². The number of fused-ring (bicyclic) bond motifs is 2. The average molecular weight is 392 g/mol. The minimum absolute atomic E-state index is 0. The number of amides is 3. The van der Waals surface area contributed by atoms with Crippen molar-refractivity contribution in [1.82, 2.24) is 10.2 Å². The van der Waals surface area contributed by atoms with Crippen LogP contribution in [0.15, 0.2) is 24.3 Å². The number of nitrogens with one attached hydrogen (secondary N) is 2. The molecule has 4 rings (SSSR count). The number of piperidine rings is 1. The lowest BCUT2D eigenvalue weighted by Gasteiger charge is -2.28. The summed E-state index contributed by atoms with van der Waals surface area (Å²) < 4.78 is 0. The van der Waals surface area contributed by atoms with Gasteiger partial charge in [0.15, 0.2) is 0 Å². The van der Waals surface area contributed by atoms with E-state index < -0.39 is 0 Å². The van der Waals surface area contributed by atoms with Gasteiger partial charge in [-0.2, -0.15) is 0 Å². The van der Waals surface area contributed by atoms with Crippen molar-refractivity contribution in [3.8, 4) is 0 Å². The Hall–Kier alpha value is -1.92. The number of imide groups is 1. The van der Waals surface area contributed by atoms with E-state index in [1.165, 1.54) is 17.7 Å². The third-order valence-corrected chi connectivity index (χ3v) is 5.78. The molecule has 27 heavy (non-hydrogen) atoms. The second-order valence-corrected chi connectivity index (χ2v) is 7.80. The first-order chi connectivity index (χ1) is 12.6. The molecule has 3 aliphatic rings. The van der Waals surface area contributed by atoms with Crippen molar-refractivity contribution in [3.05, 3.63) is 29.8 Å². The van der Waals surface area contributed by atoms with Crippen LogP contribution in [0.2, 0.25) is 0 Å². The summed E-state index contributed by atoms with van der Waals surface area (Å²) >= 11 is 0. The molecule has 2 unspecified atom stereocenters. The van der Waals surface area contributed by atoms with Gasteiger partial charge in [0, 0.05) is 37.0 Å². The molecule has 0 aromatic heterocycles. The highest BCUT2D eigenvalue weighted by Crippen LogP contribution is 2.32. The maximum absolute atomic E-state index is 12.3. The molecule has 146 valence electrons. The van der Waals surface area contributed by atoms with E-state index in [9.17, 15) is 14.4 Å². The van der Waals surface area contributed by atoms with Crippen LogP contribution in [-0.2, 0) is 20.9 Å². The first kappa shape index (κ1) is 19.8. The normalized spacial score (nSPS) is 26.8. The van der Waals surface area contributed by atoms with Crippen LogP contribution < -0.4 is 10.6 Å². The van der Waals surface area contributed by atoms with Gasteiger partial charge in [-0.05, 0) is 49.3 Å². The lowest BCUT2D eigenvalue weighted by Crippen LogP contribution is -2.39. The molecule has 0 saturated carbocycles. The standard InChI is InChI=1S/C20H25N3O3.ClH/c24-18(11-14-9-16-5-6-17(10-14)21-16)22-15-3-1-13(2-4-15)12-23-19(25)7-8-20(23)26;/h1-4,14,16-17,21H,5-12H2,(H,22,24);1H. The Bertz CT molecular complexity index is 694. The maximum atomic E-state index is 12.3. The van der Waals surface area contributed by atoms with Gasteiger partial charge in [-0.25, -0.2) is 0 Å². The molecule has 3 amide bonds. The predicted molar refractivity (Wildman–Crippen MR) is 104 cm³/mol. The van der Waals surface area contributed by atoms with E-state index >= 15 is 0 Å². The summed E-state index contributed by atoms with van der Waals surface area (Å²) in [6, 6.07) is 8.59. The lowest BCUT2D eigenvalue weighted by atomic mass is 9.89. The van der Waals surface area contributed by atoms with Gasteiger partial charge < -0.3 is 10.6 Å². The molecule has 0 aliphatic carbocycles. The monoisotopic (exact) mass is 391 g/mol. The molecule has 1 aromatic carbocycles. The zero-order valence-electron chi connectivity index (χ0n) is 15.3. The Balaban J connectivity index is 0.00000210. The van der Waals surface area contributed by atoms with Crippen LogP contribution in [-0.4, -0.2) is 34.7 Å². The highest BCUT2D eigenvalue weighted by atomic mass is 35.5. The topological polar surface area (TPSA) is 78.5 Å². The van der Waals surface area contributed by atoms with Crippen molar-refractivity contribution in [1.29, 1.82) is 0 Å². The Kier molecular flexibility index (Phi) is 6.17. The number of carbonyl (C=O) groups is 3. The number of rotatable bonds is 5. The highest BCUT2D eigenvalue weighted by Gasteiger charge is 2.34. The Morgan fingerprint density at radius 1 is 1.04 bits per heavy atom. The minimum atomic E-state index is -0.108. The molecule has 3 fully saturated rings. The number of benzene rings is 1. The van der Waals surface area contributed by atoms with E-state index in [0.29, 0.717) is 43.8 Å². The fourth-order valence-electron chi connectivity index (χ4n) is 4.49. The number of halogens is 1. The van der Waals surface area contributed by atoms with Gasteiger partial charge in [0.1, 0.15) is 0 Å². The molecule has 7 heteroatoms. The second-order valence-electron chi connectivity index (χ2n) is 7.80. The quantitative estimate of drug-likeness (QED) is 0.756. The molecule has 0 radical (unpaired) electrons. The van der Waals surface area contributed by atoms with Gasteiger partial charge in [-0.15, -0.1) is 12.4 Å².